The van der Waals surface area contributed by atoms with Crippen LogP contribution in [0.2, 0.25) is 0 Å². The zero-order valence-electron chi connectivity index (χ0n) is 15.5. The van der Waals surface area contributed by atoms with Crippen LogP contribution < -0.4 is 0 Å². The molecule has 1 heterocycles. The topological polar surface area (TPSA) is 84.0 Å². The van der Waals surface area contributed by atoms with Crippen molar-refractivity contribution in [2.24, 2.45) is 0 Å². The molecule has 0 aromatic heterocycles. The van der Waals surface area contributed by atoms with Crippen molar-refractivity contribution in [3.05, 3.63) is 41.6 Å². The molecule has 0 saturated carbocycles. The Labute approximate surface area is 156 Å². The Bertz CT molecular complexity index is 861. The Morgan fingerprint density at radius 2 is 1.73 bits per heavy atom. The smallest absolute Gasteiger partial charge is 0.243 e. The fraction of sp³-hybridized carbons (Fsp3) is 0.529. The van der Waals surface area contributed by atoms with Crippen LogP contribution in [0.1, 0.15) is 18.9 Å². The van der Waals surface area contributed by atoms with E-state index in [0.717, 1.165) is 11.8 Å². The highest BCUT2D eigenvalue weighted by molar-refractivity contribution is 7.89. The van der Waals surface area contributed by atoms with Crippen molar-refractivity contribution in [3.63, 3.8) is 0 Å². The zero-order valence-corrected chi connectivity index (χ0v) is 17.2. The van der Waals surface area contributed by atoms with Crippen LogP contribution in [-0.4, -0.2) is 64.5 Å². The molecule has 0 bridgehead atoms. The van der Waals surface area contributed by atoms with E-state index < -0.39 is 26.1 Å². The number of nitrogens with zero attached hydrogens (tertiary/aromatic N) is 2. The summed E-state index contributed by atoms with van der Waals surface area (Å²) >= 11 is 0. The summed E-state index contributed by atoms with van der Waals surface area (Å²) in [7, 11) is -5.65. The van der Waals surface area contributed by atoms with Crippen molar-refractivity contribution in [1.29, 1.82) is 0 Å². The van der Waals surface area contributed by atoms with Gasteiger partial charge in [-0.05, 0) is 38.5 Å². The summed E-state index contributed by atoms with van der Waals surface area (Å²) in [6, 6.07) is 6.21. The molecule has 146 valence electrons. The molecule has 2 rings (SSSR count). The molecule has 1 atom stereocenters. The molecule has 0 spiro atoms. The number of aryl methyl sites for hydroxylation is 1. The maximum absolute atomic E-state index is 13.1. The van der Waals surface area contributed by atoms with Crippen LogP contribution in [0.5, 0.6) is 0 Å². The van der Waals surface area contributed by atoms with Gasteiger partial charge in [-0.1, -0.05) is 17.7 Å². The highest BCUT2D eigenvalue weighted by Gasteiger charge is 2.31. The van der Waals surface area contributed by atoms with Gasteiger partial charge in [0, 0.05) is 26.2 Å². The highest BCUT2D eigenvalue weighted by Crippen LogP contribution is 2.24. The lowest BCUT2D eigenvalue weighted by Gasteiger charge is -2.33. The third-order valence-corrected chi connectivity index (χ3v) is 7.49. The van der Waals surface area contributed by atoms with E-state index in [9.17, 15) is 16.8 Å². The lowest BCUT2D eigenvalue weighted by Crippen LogP contribution is -2.43. The summed E-state index contributed by atoms with van der Waals surface area (Å²) in [5.41, 5.74) is 1.43. The van der Waals surface area contributed by atoms with Crippen LogP contribution in [0.3, 0.4) is 0 Å². The van der Waals surface area contributed by atoms with Crippen molar-refractivity contribution in [2.75, 3.05) is 33.1 Å². The fourth-order valence-electron chi connectivity index (χ4n) is 2.99. The molecule has 0 unspecified atom stereocenters. The maximum atomic E-state index is 13.1. The van der Waals surface area contributed by atoms with E-state index in [-0.39, 0.29) is 24.6 Å². The van der Waals surface area contributed by atoms with Gasteiger partial charge in [-0.3, -0.25) is 4.31 Å². The predicted octanol–water partition coefficient (Wildman–Crippen LogP) is 1.57. The second kappa shape index (κ2) is 8.08. The number of methoxy groups -OCH3 is 1. The van der Waals surface area contributed by atoms with Gasteiger partial charge < -0.3 is 4.74 Å². The number of hydrogen-bond acceptors (Lipinski definition) is 5. The van der Waals surface area contributed by atoms with E-state index in [0.29, 0.717) is 12.1 Å². The van der Waals surface area contributed by atoms with Crippen molar-refractivity contribution < 1.29 is 21.6 Å². The van der Waals surface area contributed by atoms with Crippen LogP contribution in [0.4, 0.5) is 0 Å². The Morgan fingerprint density at radius 1 is 1.12 bits per heavy atom. The van der Waals surface area contributed by atoms with Gasteiger partial charge >= 0.3 is 0 Å². The van der Waals surface area contributed by atoms with Gasteiger partial charge in [0.05, 0.1) is 23.5 Å². The number of rotatable bonds is 5. The normalized spacial score (nSPS) is 22.4. The molecule has 0 N–H and O–H groups in total. The fourth-order valence-corrected chi connectivity index (χ4v) is 5.61. The molecular weight excluding hydrogens is 376 g/mol. The second-order valence-corrected chi connectivity index (χ2v) is 10.2. The SMILES string of the molecule is COC/C1=C/[C@H](C)N(S(=O)(=O)c2ccc(C)cc2)CCCN1S(C)(=O)=O. The number of sulfonamides is 2. The van der Waals surface area contributed by atoms with Gasteiger partial charge in [0.1, 0.15) is 0 Å². The van der Waals surface area contributed by atoms with Gasteiger partial charge in [-0.25, -0.2) is 16.8 Å². The number of ether oxygens (including phenoxy) is 1. The zero-order chi connectivity index (χ0) is 19.5. The summed E-state index contributed by atoms with van der Waals surface area (Å²) < 4.78 is 58.1. The van der Waals surface area contributed by atoms with Crippen LogP contribution in [-0.2, 0) is 24.8 Å². The molecule has 1 aliphatic rings. The van der Waals surface area contributed by atoms with Crippen molar-refractivity contribution in [1.82, 2.24) is 8.61 Å². The van der Waals surface area contributed by atoms with Crippen LogP contribution in [0, 0.1) is 6.92 Å². The maximum Gasteiger partial charge on any atom is 0.243 e. The molecule has 0 amide bonds. The minimum atomic E-state index is -3.68. The lowest BCUT2D eigenvalue weighted by atomic mass is 10.2. The van der Waals surface area contributed by atoms with Crippen LogP contribution in [0.25, 0.3) is 0 Å². The first-order valence-corrected chi connectivity index (χ1v) is 11.6. The van der Waals surface area contributed by atoms with E-state index >= 15 is 0 Å². The van der Waals surface area contributed by atoms with Gasteiger partial charge in [0.25, 0.3) is 0 Å². The first kappa shape index (κ1) is 20.9. The predicted molar refractivity (Wildman–Crippen MR) is 101 cm³/mol. The summed E-state index contributed by atoms with van der Waals surface area (Å²) in [6.45, 7) is 4.18. The van der Waals surface area contributed by atoms with Gasteiger partial charge in [0.2, 0.25) is 20.0 Å². The Balaban J connectivity index is 2.43. The largest absolute Gasteiger partial charge is 0.378 e. The van der Waals surface area contributed by atoms with E-state index in [1.165, 1.54) is 15.7 Å². The molecule has 0 fully saturated rings. The van der Waals surface area contributed by atoms with Crippen LogP contribution in [0.15, 0.2) is 40.9 Å². The molecule has 26 heavy (non-hydrogen) atoms. The molecule has 0 radical (unpaired) electrons. The summed E-state index contributed by atoms with van der Waals surface area (Å²) in [5.74, 6) is 0. The van der Waals surface area contributed by atoms with E-state index in [4.69, 9.17) is 4.74 Å². The molecule has 0 saturated heterocycles. The summed E-state index contributed by atoms with van der Waals surface area (Å²) in [6.07, 6.45) is 3.18. The molecule has 1 aromatic rings. The molecular formula is C17H26N2O5S2. The molecule has 1 aliphatic heterocycles. The Hall–Kier alpha value is -1.42. The van der Waals surface area contributed by atoms with Crippen molar-refractivity contribution in [3.8, 4) is 0 Å². The summed E-state index contributed by atoms with van der Waals surface area (Å²) in [4.78, 5) is 0.234. The van der Waals surface area contributed by atoms with Crippen molar-refractivity contribution in [2.45, 2.75) is 31.2 Å². The average molecular weight is 403 g/mol. The molecule has 9 heteroatoms. The molecule has 7 nitrogen and oxygen atoms in total. The first-order valence-electron chi connectivity index (χ1n) is 8.33. The number of benzene rings is 1. The lowest BCUT2D eigenvalue weighted by molar-refractivity contribution is 0.202. The van der Waals surface area contributed by atoms with Gasteiger partial charge in [-0.2, -0.15) is 4.31 Å². The van der Waals surface area contributed by atoms with Gasteiger partial charge in [-0.15, -0.1) is 0 Å². The van der Waals surface area contributed by atoms with E-state index in [1.807, 2.05) is 6.92 Å². The third kappa shape index (κ3) is 4.64. The Morgan fingerprint density at radius 3 is 2.27 bits per heavy atom. The highest BCUT2D eigenvalue weighted by atomic mass is 32.2. The standard InChI is InChI=1S/C17H26N2O5S2/c1-14-6-8-17(9-7-14)26(22,23)18-10-5-11-19(25(4,20)21)16(13-24-3)12-15(18)2/h6-9,12,15H,5,10-11,13H2,1-4H3/b16-12-/t15-/m0/s1. The number of hydrogen-bond donors (Lipinski definition) is 0. The van der Waals surface area contributed by atoms with E-state index in [2.05, 4.69) is 0 Å². The third-order valence-electron chi connectivity index (χ3n) is 4.27. The minimum Gasteiger partial charge on any atom is -0.378 e. The second-order valence-electron chi connectivity index (χ2n) is 6.45. The Kier molecular flexibility index (Phi) is 6.49. The van der Waals surface area contributed by atoms with Crippen molar-refractivity contribution >= 4 is 20.0 Å². The van der Waals surface area contributed by atoms with Gasteiger partial charge in [0.15, 0.2) is 0 Å². The minimum absolute atomic E-state index is 0.0931. The quantitative estimate of drug-likeness (QED) is 0.746. The summed E-state index contributed by atoms with van der Waals surface area (Å²) in [5, 5.41) is 0. The average Bonchev–Trinajstić information content (AvgIpc) is 2.51. The first-order chi connectivity index (χ1) is 12.1. The molecule has 0 aliphatic carbocycles. The monoisotopic (exact) mass is 402 g/mol. The van der Waals surface area contributed by atoms with Crippen LogP contribution >= 0.6 is 0 Å². The molecule has 1 aromatic carbocycles. The van der Waals surface area contributed by atoms with E-state index in [1.54, 1.807) is 37.3 Å².